The Morgan fingerprint density at radius 3 is 2.11 bits per heavy atom. The smallest absolute Gasteiger partial charge is 0.410 e. The van der Waals surface area contributed by atoms with Crippen LogP contribution in [0.2, 0.25) is 0 Å². The molecule has 10 nitrogen and oxygen atoms in total. The van der Waals surface area contributed by atoms with Gasteiger partial charge in [0.05, 0.1) is 6.04 Å². The van der Waals surface area contributed by atoms with Crippen molar-refractivity contribution >= 4 is 29.6 Å². The quantitative estimate of drug-likeness (QED) is 0.408. The molecule has 4 N–H and O–H groups in total. The van der Waals surface area contributed by atoms with E-state index in [1.54, 1.807) is 44.2 Å². The predicted octanol–water partition coefficient (Wildman–Crippen LogP) is 1.62. The summed E-state index contributed by atoms with van der Waals surface area (Å²) < 4.78 is 33.1. The molecule has 0 radical (unpaired) electrons. The molecule has 4 amide bonds. The Kier molecular flexibility index (Phi) is 9.48. The molecular weight excluding hydrogens is 478 g/mol. The van der Waals surface area contributed by atoms with Crippen molar-refractivity contribution < 1.29 is 37.5 Å². The Bertz CT molecular complexity index is 986. The molecule has 1 aliphatic rings. The number of likely N-dealkylation sites (tertiary alicyclic amines) is 1. The van der Waals surface area contributed by atoms with Gasteiger partial charge < -0.3 is 26.0 Å². The molecule has 198 valence electrons. The lowest BCUT2D eigenvalue weighted by atomic mass is 9.95. The Morgan fingerprint density at radius 1 is 1.00 bits per heavy atom. The van der Waals surface area contributed by atoms with E-state index in [-0.39, 0.29) is 24.6 Å². The molecule has 36 heavy (non-hydrogen) atoms. The number of nitrogens with two attached hydrogens (primary N) is 1. The maximum absolute atomic E-state index is 14.0. The third-order valence-corrected chi connectivity index (χ3v) is 5.86. The second-order valence-electron chi connectivity index (χ2n) is 9.29. The van der Waals surface area contributed by atoms with E-state index in [0.29, 0.717) is 6.42 Å². The first kappa shape index (κ1) is 28.7. The van der Waals surface area contributed by atoms with Gasteiger partial charge in [-0.3, -0.25) is 19.2 Å². The van der Waals surface area contributed by atoms with Crippen molar-refractivity contribution in [3.05, 3.63) is 30.3 Å². The fraction of sp³-hybridized carbons (Fsp3) is 0.542. The van der Waals surface area contributed by atoms with Gasteiger partial charge in [0.2, 0.25) is 17.6 Å². The molecule has 1 aromatic carbocycles. The first-order chi connectivity index (χ1) is 16.8. The van der Waals surface area contributed by atoms with Crippen molar-refractivity contribution in [3.8, 4) is 5.75 Å². The van der Waals surface area contributed by atoms with Crippen LogP contribution in [0.1, 0.15) is 40.5 Å². The molecule has 0 unspecified atom stereocenters. The van der Waals surface area contributed by atoms with Crippen molar-refractivity contribution in [1.29, 1.82) is 0 Å². The molecule has 0 spiro atoms. The van der Waals surface area contributed by atoms with Crippen LogP contribution in [0.15, 0.2) is 30.3 Å². The highest BCUT2D eigenvalue weighted by atomic mass is 19.3. The number of carbonyl (C=O) groups excluding carboxylic acids is 5. The Hall–Kier alpha value is -3.57. The lowest BCUT2D eigenvalue weighted by Gasteiger charge is -2.32. The fourth-order valence-electron chi connectivity index (χ4n) is 3.85. The largest absolute Gasteiger partial charge is 0.413 e. The maximum atomic E-state index is 14.0. The number of rotatable bonds is 10. The first-order valence-corrected chi connectivity index (χ1v) is 11.6. The van der Waals surface area contributed by atoms with Gasteiger partial charge in [-0.15, -0.1) is 0 Å². The average Bonchev–Trinajstić information content (AvgIpc) is 3.30. The summed E-state index contributed by atoms with van der Waals surface area (Å²) in [6.07, 6.45) is -0.185. The third-order valence-electron chi connectivity index (χ3n) is 5.86. The summed E-state index contributed by atoms with van der Waals surface area (Å²) in [4.78, 5) is 63.3. The van der Waals surface area contributed by atoms with Crippen LogP contribution < -0.4 is 21.1 Å². The first-order valence-electron chi connectivity index (χ1n) is 11.6. The van der Waals surface area contributed by atoms with Gasteiger partial charge in [0.1, 0.15) is 17.8 Å². The number of amides is 4. The number of ketones is 1. The molecular formula is C24H32F2N4O6. The number of halogens is 2. The molecule has 0 saturated carbocycles. The van der Waals surface area contributed by atoms with Crippen LogP contribution in [0.25, 0.3) is 0 Å². The van der Waals surface area contributed by atoms with E-state index in [2.05, 4.69) is 16.4 Å². The van der Waals surface area contributed by atoms with E-state index >= 15 is 0 Å². The molecule has 1 aromatic rings. The topological polar surface area (TPSA) is 148 Å². The number of alkyl halides is 2. The molecule has 0 aromatic heterocycles. The van der Waals surface area contributed by atoms with Crippen LogP contribution >= 0.6 is 0 Å². The monoisotopic (exact) mass is 510 g/mol. The molecule has 3 atom stereocenters. The lowest BCUT2D eigenvalue weighted by molar-refractivity contribution is -0.159. The number of benzene rings is 1. The van der Waals surface area contributed by atoms with Crippen LogP contribution in [0.3, 0.4) is 0 Å². The van der Waals surface area contributed by atoms with Gasteiger partial charge in [0.15, 0.2) is 0 Å². The molecule has 12 heteroatoms. The van der Waals surface area contributed by atoms with Crippen molar-refractivity contribution in [1.82, 2.24) is 15.5 Å². The summed E-state index contributed by atoms with van der Waals surface area (Å²) in [5.41, 5.74) is 4.65. The van der Waals surface area contributed by atoms with Gasteiger partial charge in [0, 0.05) is 6.54 Å². The van der Waals surface area contributed by atoms with Crippen LogP contribution in [0.5, 0.6) is 5.75 Å². The van der Waals surface area contributed by atoms with Crippen molar-refractivity contribution in [2.75, 3.05) is 6.54 Å². The number of hydrogen-bond donors (Lipinski definition) is 3. The normalized spacial score (nSPS) is 17.4. The number of nitrogens with one attached hydrogen (secondary N) is 2. The minimum absolute atomic E-state index is 0.188. The lowest BCUT2D eigenvalue weighted by Crippen LogP contribution is -2.59. The molecule has 1 aliphatic heterocycles. The van der Waals surface area contributed by atoms with Gasteiger partial charge in [-0.1, -0.05) is 45.9 Å². The van der Waals surface area contributed by atoms with Crippen LogP contribution in [0.4, 0.5) is 13.6 Å². The zero-order chi connectivity index (χ0) is 27.2. The summed E-state index contributed by atoms with van der Waals surface area (Å²) in [6, 6.07) is 4.46. The van der Waals surface area contributed by atoms with Gasteiger partial charge in [-0.2, -0.15) is 8.78 Å². The molecule has 1 fully saturated rings. The minimum Gasteiger partial charge on any atom is -0.410 e. The fourth-order valence-corrected chi connectivity index (χ4v) is 3.85. The average molecular weight is 511 g/mol. The number of carbonyl (C=O) groups is 5. The Labute approximate surface area is 207 Å². The minimum atomic E-state index is -4.46. The van der Waals surface area contributed by atoms with E-state index in [1.165, 1.54) is 18.7 Å². The zero-order valence-corrected chi connectivity index (χ0v) is 20.6. The van der Waals surface area contributed by atoms with Gasteiger partial charge in [0.25, 0.3) is 5.91 Å². The molecule has 0 aliphatic carbocycles. The standard InChI is InChI=1S/C24H32F2N4O6/c1-13(2)17(19(31)24(25,26)22(27)34)28-20(32)16-11-8-12-30(16)21(33)18(14(3)4)29-23(35)36-15-9-6-5-7-10-15/h5-7,9-10,13-14,16-18H,8,11-12H2,1-4H3,(H2,27,34)(H,28,32)(H,29,35)/t16-,17-,18-/m0/s1. The van der Waals surface area contributed by atoms with Crippen molar-refractivity contribution in [2.45, 2.75) is 64.6 Å². The number of nitrogens with zero attached hydrogens (tertiary/aromatic N) is 1. The van der Waals surface area contributed by atoms with Crippen molar-refractivity contribution in [3.63, 3.8) is 0 Å². The number of para-hydroxylation sites is 1. The summed E-state index contributed by atoms with van der Waals surface area (Å²) in [7, 11) is 0. The van der Waals surface area contributed by atoms with Crippen LogP contribution in [-0.4, -0.2) is 65.1 Å². The SMILES string of the molecule is CC(C)[C@H](NC(=O)Oc1ccccc1)C(=O)N1CCC[C@H]1C(=O)N[C@H](C(=O)C(F)(F)C(N)=O)C(C)C. The van der Waals surface area contributed by atoms with E-state index in [0.717, 1.165) is 0 Å². The van der Waals surface area contributed by atoms with E-state index < -0.39 is 59.6 Å². The Morgan fingerprint density at radius 2 is 1.58 bits per heavy atom. The molecule has 1 saturated heterocycles. The van der Waals surface area contributed by atoms with E-state index in [1.807, 2.05) is 0 Å². The number of hydrogen-bond acceptors (Lipinski definition) is 6. The van der Waals surface area contributed by atoms with Crippen molar-refractivity contribution in [2.24, 2.45) is 17.6 Å². The van der Waals surface area contributed by atoms with Crippen LogP contribution in [0, 0.1) is 11.8 Å². The summed E-state index contributed by atoms with van der Waals surface area (Å²) in [5.74, 6) is -10.6. The van der Waals surface area contributed by atoms with E-state index in [9.17, 15) is 32.8 Å². The molecule has 0 bridgehead atoms. The second-order valence-corrected chi connectivity index (χ2v) is 9.29. The summed E-state index contributed by atoms with van der Waals surface area (Å²) >= 11 is 0. The maximum Gasteiger partial charge on any atom is 0.413 e. The Balaban J connectivity index is 2.15. The number of ether oxygens (including phenoxy) is 1. The highest BCUT2D eigenvalue weighted by molar-refractivity contribution is 6.10. The molecule has 2 rings (SSSR count). The summed E-state index contributed by atoms with van der Waals surface area (Å²) in [5, 5.41) is 4.79. The highest BCUT2D eigenvalue weighted by Gasteiger charge is 2.50. The summed E-state index contributed by atoms with van der Waals surface area (Å²) in [6.45, 7) is 6.45. The van der Waals surface area contributed by atoms with Gasteiger partial charge in [-0.05, 0) is 36.8 Å². The highest BCUT2D eigenvalue weighted by Crippen LogP contribution is 2.23. The zero-order valence-electron chi connectivity index (χ0n) is 20.6. The predicted molar refractivity (Wildman–Crippen MR) is 125 cm³/mol. The number of Topliss-reactive ketones (excluding diaryl/α,β-unsaturated/α-hetero) is 1. The van der Waals surface area contributed by atoms with E-state index in [4.69, 9.17) is 4.74 Å². The molecule has 1 heterocycles. The van der Waals surface area contributed by atoms with Crippen LogP contribution in [-0.2, 0) is 19.2 Å². The third kappa shape index (κ3) is 6.76. The second kappa shape index (κ2) is 11.9. The van der Waals surface area contributed by atoms with Gasteiger partial charge in [-0.25, -0.2) is 4.79 Å². The number of primary amides is 1. The van der Waals surface area contributed by atoms with Gasteiger partial charge >= 0.3 is 12.0 Å².